The van der Waals surface area contributed by atoms with Crippen molar-refractivity contribution in [2.24, 2.45) is 0 Å². The van der Waals surface area contributed by atoms with Crippen LogP contribution < -0.4 is 4.74 Å². The Hall–Kier alpha value is -2.22. The van der Waals surface area contributed by atoms with E-state index in [-0.39, 0.29) is 11.4 Å². The molecule has 0 radical (unpaired) electrons. The molecule has 0 aliphatic heterocycles. The van der Waals surface area contributed by atoms with Gasteiger partial charge in [0.25, 0.3) is 0 Å². The monoisotopic (exact) mass is 374 g/mol. The minimum atomic E-state index is -3.66. The lowest BCUT2D eigenvalue weighted by atomic mass is 10.3. The van der Waals surface area contributed by atoms with Gasteiger partial charge >= 0.3 is 0 Å². The van der Waals surface area contributed by atoms with Crippen molar-refractivity contribution in [3.05, 3.63) is 76.7 Å². The van der Waals surface area contributed by atoms with Crippen LogP contribution in [0.25, 0.3) is 0 Å². The molecule has 2 aromatic heterocycles. The van der Waals surface area contributed by atoms with E-state index in [0.717, 1.165) is 5.56 Å². The van der Waals surface area contributed by atoms with Crippen molar-refractivity contribution < 1.29 is 13.2 Å². The van der Waals surface area contributed by atoms with E-state index in [1.165, 1.54) is 4.31 Å². The van der Waals surface area contributed by atoms with Crippen LogP contribution in [0.4, 0.5) is 0 Å². The maximum absolute atomic E-state index is 13.1. The van der Waals surface area contributed by atoms with Crippen LogP contribution in [0.5, 0.6) is 5.75 Å². The molecule has 2 heterocycles. The lowest BCUT2D eigenvalue weighted by Crippen LogP contribution is -2.30. The lowest BCUT2D eigenvalue weighted by Gasteiger charge is -2.21. The van der Waals surface area contributed by atoms with Gasteiger partial charge in [-0.1, -0.05) is 6.07 Å². The largest absolute Gasteiger partial charge is 0.497 e. The third-order valence-corrected chi connectivity index (χ3v) is 6.24. The molecular formula is C18H18N2O3S2. The summed E-state index contributed by atoms with van der Waals surface area (Å²) in [7, 11) is -2.11. The second-order valence-corrected chi connectivity index (χ2v) is 8.12. The number of sulfonamides is 1. The standard InChI is InChI=1S/C18H18N2O3S2/c1-23-17-5-7-18(8-6-17)25(21,22)20(12-15-9-11-24-14-15)13-16-4-2-3-10-19-16/h2-11,14H,12-13H2,1H3. The molecule has 3 rings (SSSR count). The number of rotatable bonds is 7. The Morgan fingerprint density at radius 2 is 1.88 bits per heavy atom. The summed E-state index contributed by atoms with van der Waals surface area (Å²) in [5.74, 6) is 0.619. The van der Waals surface area contributed by atoms with E-state index < -0.39 is 10.0 Å². The predicted molar refractivity (Wildman–Crippen MR) is 98.0 cm³/mol. The van der Waals surface area contributed by atoms with E-state index >= 15 is 0 Å². The maximum Gasteiger partial charge on any atom is 0.243 e. The Morgan fingerprint density at radius 1 is 1.08 bits per heavy atom. The van der Waals surface area contributed by atoms with Crippen LogP contribution in [0, 0.1) is 0 Å². The average molecular weight is 374 g/mol. The van der Waals surface area contributed by atoms with Crippen molar-refractivity contribution in [2.45, 2.75) is 18.0 Å². The summed E-state index contributed by atoms with van der Waals surface area (Å²) in [6.45, 7) is 0.513. The number of thiophene rings is 1. The number of hydrogen-bond donors (Lipinski definition) is 0. The van der Waals surface area contributed by atoms with Crippen molar-refractivity contribution in [2.75, 3.05) is 7.11 Å². The molecule has 0 saturated heterocycles. The average Bonchev–Trinajstić information content (AvgIpc) is 3.15. The highest BCUT2D eigenvalue weighted by Gasteiger charge is 2.25. The van der Waals surface area contributed by atoms with Gasteiger partial charge in [0, 0.05) is 12.7 Å². The minimum absolute atomic E-state index is 0.213. The Balaban J connectivity index is 1.93. The van der Waals surface area contributed by atoms with E-state index in [0.29, 0.717) is 18.0 Å². The van der Waals surface area contributed by atoms with Gasteiger partial charge in [0.2, 0.25) is 10.0 Å². The fourth-order valence-electron chi connectivity index (χ4n) is 2.38. The first-order chi connectivity index (χ1) is 12.1. The fraction of sp³-hybridized carbons (Fsp3) is 0.167. The van der Waals surface area contributed by atoms with Crippen LogP contribution in [0.1, 0.15) is 11.3 Å². The molecule has 0 fully saturated rings. The number of nitrogens with zero attached hydrogens (tertiary/aromatic N) is 2. The molecule has 0 saturated carbocycles. The third kappa shape index (κ3) is 4.25. The Morgan fingerprint density at radius 3 is 2.48 bits per heavy atom. The molecule has 0 atom stereocenters. The van der Waals surface area contributed by atoms with Crippen LogP contribution in [-0.4, -0.2) is 24.8 Å². The number of ether oxygens (including phenoxy) is 1. The normalized spacial score (nSPS) is 11.6. The highest BCUT2D eigenvalue weighted by molar-refractivity contribution is 7.89. The van der Waals surface area contributed by atoms with Gasteiger partial charge in [0.05, 0.1) is 24.2 Å². The highest BCUT2D eigenvalue weighted by Crippen LogP contribution is 2.23. The van der Waals surface area contributed by atoms with Crippen molar-refractivity contribution in [1.29, 1.82) is 0 Å². The van der Waals surface area contributed by atoms with E-state index in [1.54, 1.807) is 48.9 Å². The molecule has 0 unspecified atom stereocenters. The summed E-state index contributed by atoms with van der Waals surface area (Å²) in [6, 6.07) is 13.8. The third-order valence-electron chi connectivity index (χ3n) is 3.70. The quantitative estimate of drug-likeness (QED) is 0.635. The Kier molecular flexibility index (Phi) is 5.47. The molecule has 0 aliphatic rings. The summed E-state index contributed by atoms with van der Waals surface area (Å²) >= 11 is 1.55. The van der Waals surface area contributed by atoms with Gasteiger partial charge in [0.1, 0.15) is 5.75 Å². The molecular weight excluding hydrogens is 356 g/mol. The number of hydrogen-bond acceptors (Lipinski definition) is 5. The van der Waals surface area contributed by atoms with E-state index in [1.807, 2.05) is 35.0 Å². The summed E-state index contributed by atoms with van der Waals surface area (Å²) in [5, 5.41) is 3.89. The van der Waals surface area contributed by atoms with Crippen molar-refractivity contribution >= 4 is 21.4 Å². The number of benzene rings is 1. The Labute approximate surface area is 151 Å². The van der Waals surface area contributed by atoms with Gasteiger partial charge in [-0.3, -0.25) is 4.98 Å². The topological polar surface area (TPSA) is 59.5 Å². The van der Waals surface area contributed by atoms with E-state index in [2.05, 4.69) is 4.98 Å². The summed E-state index contributed by atoms with van der Waals surface area (Å²) in [6.07, 6.45) is 1.66. The van der Waals surface area contributed by atoms with Gasteiger partial charge in [-0.25, -0.2) is 8.42 Å². The lowest BCUT2D eigenvalue weighted by molar-refractivity contribution is 0.396. The summed E-state index contributed by atoms with van der Waals surface area (Å²) in [4.78, 5) is 4.49. The molecule has 7 heteroatoms. The molecule has 0 amide bonds. The summed E-state index contributed by atoms with van der Waals surface area (Å²) < 4.78 is 32.8. The van der Waals surface area contributed by atoms with Crippen LogP contribution in [0.3, 0.4) is 0 Å². The smallest absolute Gasteiger partial charge is 0.243 e. The van der Waals surface area contributed by atoms with Gasteiger partial charge in [-0.05, 0) is 58.8 Å². The van der Waals surface area contributed by atoms with Crippen molar-refractivity contribution in [3.63, 3.8) is 0 Å². The summed E-state index contributed by atoms with van der Waals surface area (Å²) in [5.41, 5.74) is 1.66. The molecule has 25 heavy (non-hydrogen) atoms. The number of pyridine rings is 1. The molecule has 0 bridgehead atoms. The first kappa shape index (κ1) is 17.6. The first-order valence-electron chi connectivity index (χ1n) is 7.65. The molecule has 0 N–H and O–H groups in total. The second-order valence-electron chi connectivity index (χ2n) is 5.40. The van der Waals surface area contributed by atoms with E-state index in [4.69, 9.17) is 4.74 Å². The minimum Gasteiger partial charge on any atom is -0.497 e. The van der Waals surface area contributed by atoms with Crippen LogP contribution in [0.2, 0.25) is 0 Å². The fourth-order valence-corrected chi connectivity index (χ4v) is 4.44. The van der Waals surface area contributed by atoms with Gasteiger partial charge < -0.3 is 4.74 Å². The van der Waals surface area contributed by atoms with E-state index in [9.17, 15) is 8.42 Å². The van der Waals surface area contributed by atoms with Crippen molar-refractivity contribution in [1.82, 2.24) is 9.29 Å². The predicted octanol–water partition coefficient (Wildman–Crippen LogP) is 3.54. The molecule has 1 aromatic carbocycles. The van der Waals surface area contributed by atoms with Crippen LogP contribution in [0.15, 0.2) is 70.4 Å². The maximum atomic E-state index is 13.1. The molecule has 0 aliphatic carbocycles. The molecule has 130 valence electrons. The Bertz CT molecular complexity index is 893. The zero-order valence-electron chi connectivity index (χ0n) is 13.7. The zero-order chi connectivity index (χ0) is 17.7. The van der Waals surface area contributed by atoms with Crippen molar-refractivity contribution in [3.8, 4) is 5.75 Å². The molecule has 0 spiro atoms. The van der Waals surface area contributed by atoms with Gasteiger partial charge in [0.15, 0.2) is 0 Å². The van der Waals surface area contributed by atoms with Crippen LogP contribution >= 0.6 is 11.3 Å². The van der Waals surface area contributed by atoms with Gasteiger partial charge in [-0.15, -0.1) is 0 Å². The SMILES string of the molecule is COc1ccc(S(=O)(=O)N(Cc2ccsc2)Cc2ccccn2)cc1. The first-order valence-corrected chi connectivity index (χ1v) is 10.0. The number of methoxy groups -OCH3 is 1. The second kappa shape index (κ2) is 7.77. The molecule has 3 aromatic rings. The molecule has 5 nitrogen and oxygen atoms in total. The number of aromatic nitrogens is 1. The highest BCUT2D eigenvalue weighted by atomic mass is 32.2. The zero-order valence-corrected chi connectivity index (χ0v) is 15.3. The van der Waals surface area contributed by atoms with Gasteiger partial charge in [-0.2, -0.15) is 15.6 Å². The van der Waals surface area contributed by atoms with Crippen LogP contribution in [-0.2, 0) is 23.1 Å².